The topological polar surface area (TPSA) is 124 Å². The SMILES string of the molecule is COc1ncc(Cl)cc1-c1nc(-c2noc(=O)[nH]2)cc2nc(N3CCO[C@H]4CCC[C@@H]43)n(C[C@H]3CC[C@H](C)CC3)c12. The van der Waals surface area contributed by atoms with Crippen molar-refractivity contribution >= 4 is 28.6 Å². The highest BCUT2D eigenvalue weighted by molar-refractivity contribution is 6.30. The number of nitrogens with one attached hydrogen (secondary N) is 1. The molecule has 5 heterocycles. The first-order valence-corrected chi connectivity index (χ1v) is 14.9. The third-order valence-electron chi connectivity index (χ3n) is 8.97. The van der Waals surface area contributed by atoms with Crippen molar-refractivity contribution in [2.24, 2.45) is 11.8 Å². The maximum atomic E-state index is 11.8. The van der Waals surface area contributed by atoms with E-state index < -0.39 is 5.76 Å². The Morgan fingerprint density at radius 2 is 2.00 bits per heavy atom. The Kier molecular flexibility index (Phi) is 6.94. The van der Waals surface area contributed by atoms with Crippen molar-refractivity contribution in [2.45, 2.75) is 70.6 Å². The second kappa shape index (κ2) is 10.8. The molecular weight excluding hydrogens is 546 g/mol. The number of pyridine rings is 2. The van der Waals surface area contributed by atoms with Crippen LogP contribution in [0.1, 0.15) is 51.9 Å². The molecule has 41 heavy (non-hydrogen) atoms. The molecule has 0 aromatic carbocycles. The van der Waals surface area contributed by atoms with Crippen molar-refractivity contribution in [3.8, 4) is 28.7 Å². The summed E-state index contributed by atoms with van der Waals surface area (Å²) in [6.07, 6.45) is 9.90. The second-order valence-electron chi connectivity index (χ2n) is 11.6. The lowest BCUT2D eigenvalue weighted by molar-refractivity contribution is 0.0247. The molecule has 3 aliphatic rings. The smallest absolute Gasteiger partial charge is 0.439 e. The van der Waals surface area contributed by atoms with Crippen LogP contribution in [0.5, 0.6) is 5.88 Å². The summed E-state index contributed by atoms with van der Waals surface area (Å²) in [7, 11) is 1.58. The van der Waals surface area contributed by atoms with Gasteiger partial charge in [0.25, 0.3) is 0 Å². The summed E-state index contributed by atoms with van der Waals surface area (Å²) in [6, 6.07) is 3.97. The number of aromatic nitrogens is 6. The molecule has 0 spiro atoms. The molecule has 2 saturated carbocycles. The van der Waals surface area contributed by atoms with Crippen molar-refractivity contribution in [1.82, 2.24) is 29.7 Å². The van der Waals surface area contributed by atoms with E-state index in [9.17, 15) is 4.79 Å². The Bertz CT molecular complexity index is 1620. The molecule has 2 aliphatic carbocycles. The fourth-order valence-corrected chi connectivity index (χ4v) is 7.05. The van der Waals surface area contributed by atoms with Gasteiger partial charge in [-0.2, -0.15) is 0 Å². The molecule has 0 unspecified atom stereocenters. The lowest BCUT2D eigenvalue weighted by Crippen LogP contribution is -2.49. The van der Waals surface area contributed by atoms with E-state index in [1.54, 1.807) is 13.3 Å². The molecule has 0 amide bonds. The number of fused-ring (bicyclic) bond motifs is 2. The minimum Gasteiger partial charge on any atom is -0.481 e. The number of imidazole rings is 1. The molecule has 216 valence electrons. The summed E-state index contributed by atoms with van der Waals surface area (Å²) in [6.45, 7) is 4.63. The van der Waals surface area contributed by atoms with E-state index in [1.165, 1.54) is 25.7 Å². The molecule has 4 aromatic heterocycles. The number of hydrogen-bond acceptors (Lipinski definition) is 9. The highest BCUT2D eigenvalue weighted by Gasteiger charge is 2.39. The summed E-state index contributed by atoms with van der Waals surface area (Å²) < 4.78 is 19.0. The second-order valence-corrected chi connectivity index (χ2v) is 12.1. The Balaban J connectivity index is 1.47. The molecule has 12 heteroatoms. The van der Waals surface area contributed by atoms with Gasteiger partial charge in [0.15, 0.2) is 0 Å². The van der Waals surface area contributed by atoms with Crippen LogP contribution in [0.25, 0.3) is 33.8 Å². The molecule has 11 nitrogen and oxygen atoms in total. The molecule has 7 rings (SSSR count). The van der Waals surface area contributed by atoms with Gasteiger partial charge in [0.1, 0.15) is 11.4 Å². The summed E-state index contributed by atoms with van der Waals surface area (Å²) in [5.74, 6) is 2.20. The molecule has 1 N–H and O–H groups in total. The van der Waals surface area contributed by atoms with Crippen molar-refractivity contribution in [3.05, 3.63) is 33.9 Å². The standard InChI is InChI=1S/C29H34ClN7O4/c1-16-6-8-17(9-7-16)15-37-25-20(33-28(37)36-10-11-40-23-5-3-4-22(23)36)13-21(26-34-29(38)41-35-26)32-24(25)19-12-18(30)14-31-27(19)39-2/h12-14,16-17,22-23H,3-11,15H2,1-2H3,(H,34,35,38)/t16-,17-,22-,23-/m0/s1. The van der Waals surface area contributed by atoms with E-state index in [-0.39, 0.29) is 18.0 Å². The maximum absolute atomic E-state index is 11.8. The lowest BCUT2D eigenvalue weighted by Gasteiger charge is -2.39. The van der Waals surface area contributed by atoms with Crippen LogP contribution >= 0.6 is 11.6 Å². The monoisotopic (exact) mass is 579 g/mol. The average molecular weight is 580 g/mol. The molecular formula is C29H34ClN7O4. The lowest BCUT2D eigenvalue weighted by atomic mass is 9.83. The van der Waals surface area contributed by atoms with Crippen LogP contribution in [0.2, 0.25) is 5.02 Å². The number of H-pyrrole nitrogens is 1. The van der Waals surface area contributed by atoms with Gasteiger partial charge in [0, 0.05) is 19.3 Å². The van der Waals surface area contributed by atoms with Gasteiger partial charge in [0.2, 0.25) is 17.7 Å². The van der Waals surface area contributed by atoms with Crippen LogP contribution < -0.4 is 15.4 Å². The Morgan fingerprint density at radius 1 is 1.15 bits per heavy atom. The molecule has 2 atom stereocenters. The molecule has 1 saturated heterocycles. The maximum Gasteiger partial charge on any atom is 0.439 e. The Morgan fingerprint density at radius 3 is 2.78 bits per heavy atom. The van der Waals surface area contributed by atoms with Crippen molar-refractivity contribution in [1.29, 1.82) is 0 Å². The van der Waals surface area contributed by atoms with Gasteiger partial charge >= 0.3 is 5.76 Å². The summed E-state index contributed by atoms with van der Waals surface area (Å²) in [5, 5.41) is 4.37. The first kappa shape index (κ1) is 26.5. The molecule has 4 aromatic rings. The van der Waals surface area contributed by atoms with Gasteiger partial charge in [0.05, 0.1) is 47.5 Å². The molecule has 0 bridgehead atoms. The van der Waals surface area contributed by atoms with Crippen LogP contribution in [0.15, 0.2) is 27.6 Å². The fraction of sp³-hybridized carbons (Fsp3) is 0.552. The van der Waals surface area contributed by atoms with Crippen LogP contribution in [-0.2, 0) is 11.3 Å². The molecule has 3 fully saturated rings. The van der Waals surface area contributed by atoms with E-state index in [2.05, 4.69) is 31.5 Å². The van der Waals surface area contributed by atoms with Gasteiger partial charge in [-0.1, -0.05) is 36.5 Å². The summed E-state index contributed by atoms with van der Waals surface area (Å²) in [5.41, 5.74) is 3.33. The number of nitrogens with zero attached hydrogens (tertiary/aromatic N) is 6. The summed E-state index contributed by atoms with van der Waals surface area (Å²) >= 11 is 6.47. The zero-order valence-electron chi connectivity index (χ0n) is 23.3. The Hall–Kier alpha value is -3.44. The number of ether oxygens (including phenoxy) is 2. The predicted molar refractivity (Wildman–Crippen MR) is 154 cm³/mol. The number of hydrogen-bond donors (Lipinski definition) is 1. The number of halogens is 1. The molecule has 0 radical (unpaired) electrons. The minimum atomic E-state index is -0.649. The fourth-order valence-electron chi connectivity index (χ4n) is 6.89. The van der Waals surface area contributed by atoms with Crippen LogP contribution in [0, 0.1) is 11.8 Å². The number of methoxy groups -OCH3 is 1. The van der Waals surface area contributed by atoms with E-state index in [0.29, 0.717) is 40.4 Å². The molecule has 1 aliphatic heterocycles. The number of rotatable bonds is 6. The van der Waals surface area contributed by atoms with Gasteiger partial charge in [-0.15, -0.1) is 0 Å². The van der Waals surface area contributed by atoms with Gasteiger partial charge in [-0.3, -0.25) is 9.51 Å². The van der Waals surface area contributed by atoms with E-state index >= 15 is 0 Å². The van der Waals surface area contributed by atoms with E-state index in [0.717, 1.165) is 55.3 Å². The minimum absolute atomic E-state index is 0.220. The van der Waals surface area contributed by atoms with E-state index in [1.807, 2.05) is 12.1 Å². The third-order valence-corrected chi connectivity index (χ3v) is 9.18. The highest BCUT2D eigenvalue weighted by Crippen LogP contribution is 2.41. The predicted octanol–water partition coefficient (Wildman–Crippen LogP) is 5.08. The van der Waals surface area contributed by atoms with Crippen LogP contribution in [0.3, 0.4) is 0 Å². The van der Waals surface area contributed by atoms with Crippen molar-refractivity contribution in [2.75, 3.05) is 25.2 Å². The van der Waals surface area contributed by atoms with Crippen molar-refractivity contribution < 1.29 is 14.0 Å². The third kappa shape index (κ3) is 4.88. The largest absolute Gasteiger partial charge is 0.481 e. The number of morpholine rings is 1. The normalized spacial score (nSPS) is 24.6. The highest BCUT2D eigenvalue weighted by atomic mass is 35.5. The van der Waals surface area contributed by atoms with Crippen LogP contribution in [-0.4, -0.2) is 62.1 Å². The zero-order chi connectivity index (χ0) is 28.1. The first-order valence-electron chi connectivity index (χ1n) is 14.5. The quantitative estimate of drug-likeness (QED) is 0.333. The van der Waals surface area contributed by atoms with E-state index in [4.69, 9.17) is 35.6 Å². The van der Waals surface area contributed by atoms with Gasteiger partial charge < -0.3 is 18.9 Å². The van der Waals surface area contributed by atoms with Crippen LogP contribution in [0.4, 0.5) is 5.95 Å². The number of anilines is 1. The van der Waals surface area contributed by atoms with Gasteiger partial charge in [-0.05, 0) is 56.1 Å². The summed E-state index contributed by atoms with van der Waals surface area (Å²) in [4.78, 5) is 31.7. The first-order chi connectivity index (χ1) is 20.0. The Labute approximate surface area is 242 Å². The zero-order valence-corrected chi connectivity index (χ0v) is 24.1. The van der Waals surface area contributed by atoms with Gasteiger partial charge in [-0.25, -0.2) is 19.7 Å². The average Bonchev–Trinajstić information content (AvgIpc) is 3.72. The number of aromatic amines is 1. The van der Waals surface area contributed by atoms with Crippen molar-refractivity contribution in [3.63, 3.8) is 0 Å².